The molecule has 1 aliphatic carbocycles. The molecule has 1 unspecified atom stereocenters. The number of carbonyl (C=O) groups is 2. The van der Waals surface area contributed by atoms with Gasteiger partial charge >= 0.3 is 5.97 Å². The maximum Gasteiger partial charge on any atom is 0.318 e. The molecule has 1 rings (SSSR count). The highest BCUT2D eigenvalue weighted by Crippen LogP contribution is 2.17. The minimum atomic E-state index is -3.92. The van der Waals surface area contributed by atoms with Crippen LogP contribution in [-0.4, -0.2) is 42.4 Å². The second-order valence-electron chi connectivity index (χ2n) is 4.69. The average Bonchev–Trinajstić information content (AvgIpc) is 2.27. The Balaban J connectivity index is 2.57. The van der Waals surface area contributed by atoms with Crippen LogP contribution in [0.1, 0.15) is 39.0 Å². The molecule has 0 saturated heterocycles. The molecular weight excluding hydrogens is 258 g/mol. The highest BCUT2D eigenvalue weighted by Gasteiger charge is 2.31. The fourth-order valence-electron chi connectivity index (χ4n) is 2.03. The van der Waals surface area contributed by atoms with Crippen molar-refractivity contribution in [2.24, 2.45) is 0 Å². The lowest BCUT2D eigenvalue weighted by molar-refractivity contribution is -0.134. The van der Waals surface area contributed by atoms with E-state index in [1.54, 1.807) is 0 Å². The van der Waals surface area contributed by atoms with Crippen LogP contribution in [0.25, 0.3) is 0 Å². The number of rotatable bonds is 5. The van der Waals surface area contributed by atoms with E-state index in [1.807, 2.05) is 0 Å². The number of carbonyl (C=O) groups excluding carboxylic acids is 1. The Morgan fingerprint density at radius 1 is 1.28 bits per heavy atom. The van der Waals surface area contributed by atoms with Gasteiger partial charge in [-0.25, -0.2) is 8.42 Å². The Labute approximate surface area is 107 Å². The van der Waals surface area contributed by atoms with Gasteiger partial charge in [-0.3, -0.25) is 9.59 Å². The van der Waals surface area contributed by atoms with Crippen LogP contribution in [0.15, 0.2) is 0 Å². The predicted molar refractivity (Wildman–Crippen MR) is 65.9 cm³/mol. The molecule has 1 amide bonds. The van der Waals surface area contributed by atoms with Gasteiger partial charge in [-0.2, -0.15) is 0 Å². The Hall–Kier alpha value is -1.11. The minimum Gasteiger partial charge on any atom is -0.480 e. The topological polar surface area (TPSA) is 101 Å². The van der Waals surface area contributed by atoms with E-state index < -0.39 is 32.7 Å². The van der Waals surface area contributed by atoms with Crippen molar-refractivity contribution in [2.75, 3.05) is 5.75 Å². The molecule has 0 aliphatic heterocycles. The lowest BCUT2D eigenvalue weighted by Gasteiger charge is -2.24. The van der Waals surface area contributed by atoms with E-state index in [0.717, 1.165) is 32.1 Å². The fraction of sp³-hybridized carbons (Fsp3) is 0.818. The van der Waals surface area contributed by atoms with Gasteiger partial charge in [0.25, 0.3) is 0 Å². The van der Waals surface area contributed by atoms with E-state index in [1.165, 1.54) is 6.92 Å². The van der Waals surface area contributed by atoms with E-state index in [-0.39, 0.29) is 6.04 Å². The zero-order chi connectivity index (χ0) is 13.8. The number of hydrogen-bond acceptors (Lipinski definition) is 4. The third-order valence-corrected chi connectivity index (χ3v) is 5.12. The van der Waals surface area contributed by atoms with Gasteiger partial charge in [0.1, 0.15) is 11.0 Å². The van der Waals surface area contributed by atoms with Crippen LogP contribution >= 0.6 is 0 Å². The predicted octanol–water partition coefficient (Wildman–Crippen LogP) is 0.323. The standard InChI is InChI=1S/C11H19NO5S/c1-8(18(16,17)7-10(13)14)11(15)12-9-5-3-2-4-6-9/h8-9H,2-7H2,1H3,(H,12,15)(H,13,14). The monoisotopic (exact) mass is 277 g/mol. The summed E-state index contributed by atoms with van der Waals surface area (Å²) < 4.78 is 23.2. The summed E-state index contributed by atoms with van der Waals surface area (Å²) in [6.45, 7) is 1.23. The molecule has 0 aromatic carbocycles. The van der Waals surface area contributed by atoms with Crippen LogP contribution in [0.2, 0.25) is 0 Å². The number of amides is 1. The maximum atomic E-state index is 11.8. The summed E-state index contributed by atoms with van der Waals surface area (Å²) in [5.74, 6) is -3.04. The van der Waals surface area contributed by atoms with Crippen LogP contribution in [0.4, 0.5) is 0 Å². The van der Waals surface area contributed by atoms with Gasteiger partial charge in [-0.1, -0.05) is 19.3 Å². The number of carboxylic acid groups (broad SMARTS) is 1. The molecule has 0 bridgehead atoms. The van der Waals surface area contributed by atoms with Crippen LogP contribution < -0.4 is 5.32 Å². The van der Waals surface area contributed by atoms with E-state index >= 15 is 0 Å². The number of carboxylic acids is 1. The molecule has 1 atom stereocenters. The van der Waals surface area contributed by atoms with Crippen molar-refractivity contribution in [1.82, 2.24) is 5.32 Å². The van der Waals surface area contributed by atoms with Crippen molar-refractivity contribution in [3.05, 3.63) is 0 Å². The Bertz CT molecular complexity index is 411. The summed E-state index contributed by atoms with van der Waals surface area (Å²) in [7, 11) is -3.92. The molecule has 0 radical (unpaired) electrons. The molecule has 1 aliphatic rings. The SMILES string of the molecule is CC(C(=O)NC1CCCCC1)S(=O)(=O)CC(=O)O. The van der Waals surface area contributed by atoms with Gasteiger partial charge in [0, 0.05) is 6.04 Å². The maximum absolute atomic E-state index is 11.8. The summed E-state index contributed by atoms with van der Waals surface area (Å²) in [4.78, 5) is 22.2. The molecule has 1 fully saturated rings. The first-order chi connectivity index (χ1) is 8.33. The molecule has 104 valence electrons. The first kappa shape index (κ1) is 14.9. The zero-order valence-corrected chi connectivity index (χ0v) is 11.2. The first-order valence-corrected chi connectivity index (χ1v) is 7.78. The number of hydrogen-bond donors (Lipinski definition) is 2. The zero-order valence-electron chi connectivity index (χ0n) is 10.4. The molecule has 7 heteroatoms. The van der Waals surface area contributed by atoms with Gasteiger partial charge in [0.2, 0.25) is 5.91 Å². The van der Waals surface area contributed by atoms with Gasteiger partial charge < -0.3 is 10.4 Å². The Morgan fingerprint density at radius 3 is 2.33 bits per heavy atom. The molecule has 1 saturated carbocycles. The number of nitrogens with one attached hydrogen (secondary N) is 1. The van der Waals surface area contributed by atoms with E-state index in [4.69, 9.17) is 5.11 Å². The molecule has 6 nitrogen and oxygen atoms in total. The second-order valence-corrected chi connectivity index (χ2v) is 7.01. The highest BCUT2D eigenvalue weighted by atomic mass is 32.2. The van der Waals surface area contributed by atoms with Crippen molar-refractivity contribution in [1.29, 1.82) is 0 Å². The quantitative estimate of drug-likeness (QED) is 0.754. The van der Waals surface area contributed by atoms with Crippen molar-refractivity contribution in [2.45, 2.75) is 50.3 Å². The van der Waals surface area contributed by atoms with Crippen LogP contribution in [0, 0.1) is 0 Å². The Morgan fingerprint density at radius 2 is 1.83 bits per heavy atom. The highest BCUT2D eigenvalue weighted by molar-refractivity contribution is 7.93. The average molecular weight is 277 g/mol. The van der Waals surface area contributed by atoms with Crippen LogP contribution in [0.3, 0.4) is 0 Å². The molecule has 2 N–H and O–H groups in total. The summed E-state index contributed by atoms with van der Waals surface area (Å²) >= 11 is 0. The van der Waals surface area contributed by atoms with Gasteiger partial charge in [-0.15, -0.1) is 0 Å². The van der Waals surface area contributed by atoms with Gasteiger partial charge in [-0.05, 0) is 19.8 Å². The largest absolute Gasteiger partial charge is 0.480 e. The summed E-state index contributed by atoms with van der Waals surface area (Å²) in [5.41, 5.74) is 0. The molecule has 0 heterocycles. The minimum absolute atomic E-state index is 0.0220. The Kier molecular flexibility index (Phi) is 5.13. The normalized spacial score (nSPS) is 19.2. The van der Waals surface area contributed by atoms with Gasteiger partial charge in [0.15, 0.2) is 9.84 Å². The summed E-state index contributed by atoms with van der Waals surface area (Å²) in [5, 5.41) is 9.87. The summed E-state index contributed by atoms with van der Waals surface area (Å²) in [6, 6.07) is 0.0220. The molecule has 0 aromatic heterocycles. The lowest BCUT2D eigenvalue weighted by atomic mass is 9.95. The molecule has 0 aromatic rings. The molecule has 18 heavy (non-hydrogen) atoms. The molecular formula is C11H19NO5S. The third-order valence-electron chi connectivity index (χ3n) is 3.18. The second kappa shape index (κ2) is 6.17. The van der Waals surface area contributed by atoms with Gasteiger partial charge in [0.05, 0.1) is 0 Å². The van der Waals surface area contributed by atoms with Crippen LogP contribution in [0.5, 0.6) is 0 Å². The lowest BCUT2D eigenvalue weighted by Crippen LogP contribution is -2.45. The fourth-order valence-corrected chi connectivity index (χ4v) is 3.01. The third kappa shape index (κ3) is 4.29. The van der Waals surface area contributed by atoms with E-state index in [2.05, 4.69) is 5.32 Å². The van der Waals surface area contributed by atoms with Crippen molar-refractivity contribution >= 4 is 21.7 Å². The van der Waals surface area contributed by atoms with Crippen LogP contribution in [-0.2, 0) is 19.4 Å². The first-order valence-electron chi connectivity index (χ1n) is 6.06. The van der Waals surface area contributed by atoms with Crippen molar-refractivity contribution in [3.8, 4) is 0 Å². The van der Waals surface area contributed by atoms with E-state index in [9.17, 15) is 18.0 Å². The van der Waals surface area contributed by atoms with Crippen molar-refractivity contribution in [3.63, 3.8) is 0 Å². The van der Waals surface area contributed by atoms with Crippen molar-refractivity contribution < 1.29 is 23.1 Å². The number of aliphatic carboxylic acids is 1. The summed E-state index contributed by atoms with van der Waals surface area (Å²) in [6.07, 6.45) is 4.91. The van der Waals surface area contributed by atoms with E-state index in [0.29, 0.717) is 0 Å². The molecule has 0 spiro atoms. The number of sulfone groups is 1. The smallest absolute Gasteiger partial charge is 0.318 e.